The molecule has 0 saturated heterocycles. The zero-order valence-corrected chi connectivity index (χ0v) is 11.3. The number of hydrogen-bond donors (Lipinski definition) is 3. The largest absolute Gasteiger partial charge is 0.351 e. The summed E-state index contributed by atoms with van der Waals surface area (Å²) >= 11 is 0. The van der Waals surface area contributed by atoms with Crippen LogP contribution in [-0.4, -0.2) is 43.5 Å². The average Bonchev–Trinajstić information content (AvgIpc) is 2.44. The van der Waals surface area contributed by atoms with Crippen LogP contribution in [0, 0.1) is 0 Å². The number of amides is 3. The minimum absolute atomic E-state index is 0.249. The van der Waals surface area contributed by atoms with Crippen LogP contribution in [0.2, 0.25) is 0 Å². The number of urea groups is 1. The van der Waals surface area contributed by atoms with Gasteiger partial charge in [-0.25, -0.2) is 4.79 Å². The first-order chi connectivity index (χ1) is 9.10. The molecular weight excluding hydrogens is 244 g/mol. The number of carbonyl (C=O) groups excluding carboxylic acids is 2. The molecule has 0 aliphatic heterocycles. The van der Waals surface area contributed by atoms with Gasteiger partial charge in [-0.05, 0) is 19.1 Å². The van der Waals surface area contributed by atoms with Crippen LogP contribution >= 0.6 is 0 Å². The second kappa shape index (κ2) is 7.38. The fraction of sp³-hybridized carbons (Fsp3) is 0.385. The molecule has 6 heteroatoms. The molecule has 104 valence electrons. The second-order valence-electron chi connectivity index (χ2n) is 4.03. The quantitative estimate of drug-likeness (QED) is 0.737. The lowest BCUT2D eigenvalue weighted by Crippen LogP contribution is -2.33. The van der Waals surface area contributed by atoms with Gasteiger partial charge in [-0.2, -0.15) is 0 Å². The molecule has 0 aliphatic carbocycles. The molecule has 6 nitrogen and oxygen atoms in total. The van der Waals surface area contributed by atoms with Crippen LogP contribution in [0.4, 0.5) is 10.5 Å². The highest BCUT2D eigenvalue weighted by atomic mass is 16.2. The van der Waals surface area contributed by atoms with Crippen LogP contribution in [-0.2, 0) is 0 Å². The first-order valence-corrected chi connectivity index (χ1v) is 6.19. The summed E-state index contributed by atoms with van der Waals surface area (Å²) in [7, 11) is 1.69. The van der Waals surface area contributed by atoms with Crippen molar-refractivity contribution in [2.24, 2.45) is 5.73 Å². The van der Waals surface area contributed by atoms with Crippen molar-refractivity contribution in [1.29, 1.82) is 0 Å². The summed E-state index contributed by atoms with van der Waals surface area (Å²) in [5, 5.41) is 5.39. The molecule has 0 saturated carbocycles. The summed E-state index contributed by atoms with van der Waals surface area (Å²) in [6, 6.07) is 6.62. The van der Waals surface area contributed by atoms with E-state index >= 15 is 0 Å². The molecule has 4 N–H and O–H groups in total. The van der Waals surface area contributed by atoms with Crippen molar-refractivity contribution < 1.29 is 9.59 Å². The van der Waals surface area contributed by atoms with Crippen molar-refractivity contribution >= 4 is 17.6 Å². The minimum atomic E-state index is -0.250. The van der Waals surface area contributed by atoms with Crippen molar-refractivity contribution in [3.8, 4) is 0 Å². The van der Waals surface area contributed by atoms with Crippen molar-refractivity contribution in [3.63, 3.8) is 0 Å². The number of benzene rings is 1. The Balaban J connectivity index is 2.84. The standard InChI is InChI=1S/C13H20N4O2/c1-3-17(2)13(19)16-11-7-5-4-6-10(11)12(18)15-9-8-14/h4-7H,3,8-9,14H2,1-2H3,(H,15,18)(H,16,19). The van der Waals surface area contributed by atoms with Crippen molar-refractivity contribution in [2.45, 2.75) is 6.92 Å². The van der Waals surface area contributed by atoms with Gasteiger partial charge in [0.2, 0.25) is 0 Å². The Hall–Kier alpha value is -2.08. The average molecular weight is 264 g/mol. The molecule has 0 spiro atoms. The van der Waals surface area contributed by atoms with Gasteiger partial charge in [-0.3, -0.25) is 4.79 Å². The topological polar surface area (TPSA) is 87.5 Å². The van der Waals surface area contributed by atoms with Gasteiger partial charge in [-0.15, -0.1) is 0 Å². The first-order valence-electron chi connectivity index (χ1n) is 6.19. The Kier molecular flexibility index (Phi) is 5.81. The Morgan fingerprint density at radius 2 is 2.00 bits per heavy atom. The third-order valence-corrected chi connectivity index (χ3v) is 2.66. The van der Waals surface area contributed by atoms with E-state index in [0.29, 0.717) is 30.9 Å². The monoisotopic (exact) mass is 264 g/mol. The number of nitrogens with two attached hydrogens (primary N) is 1. The van der Waals surface area contributed by atoms with Gasteiger partial charge in [0.1, 0.15) is 0 Å². The van der Waals surface area contributed by atoms with Crippen LogP contribution in [0.1, 0.15) is 17.3 Å². The highest BCUT2D eigenvalue weighted by Gasteiger charge is 2.13. The van der Waals surface area contributed by atoms with Crippen molar-refractivity contribution in [2.75, 3.05) is 32.0 Å². The zero-order chi connectivity index (χ0) is 14.3. The fourth-order valence-corrected chi connectivity index (χ4v) is 1.43. The maximum absolute atomic E-state index is 11.9. The lowest BCUT2D eigenvalue weighted by atomic mass is 10.1. The Morgan fingerprint density at radius 3 is 2.63 bits per heavy atom. The third kappa shape index (κ3) is 4.26. The zero-order valence-electron chi connectivity index (χ0n) is 11.3. The molecule has 19 heavy (non-hydrogen) atoms. The first kappa shape index (κ1) is 15.0. The van der Waals surface area contributed by atoms with Gasteiger partial charge in [0.25, 0.3) is 5.91 Å². The van der Waals surface area contributed by atoms with Gasteiger partial charge in [-0.1, -0.05) is 12.1 Å². The Morgan fingerprint density at radius 1 is 1.32 bits per heavy atom. The van der Waals surface area contributed by atoms with E-state index < -0.39 is 0 Å². The van der Waals surface area contributed by atoms with Gasteiger partial charge in [0, 0.05) is 26.7 Å². The van der Waals surface area contributed by atoms with E-state index in [2.05, 4.69) is 10.6 Å². The van der Waals surface area contributed by atoms with Crippen LogP contribution in [0.25, 0.3) is 0 Å². The lowest BCUT2D eigenvalue weighted by Gasteiger charge is -2.17. The molecule has 0 aliphatic rings. The highest BCUT2D eigenvalue weighted by molar-refractivity contribution is 6.03. The maximum Gasteiger partial charge on any atom is 0.321 e. The number of nitrogens with one attached hydrogen (secondary N) is 2. The van der Waals surface area contributed by atoms with E-state index in [0.717, 1.165) is 0 Å². The summed E-state index contributed by atoms with van der Waals surface area (Å²) in [6.45, 7) is 3.24. The van der Waals surface area contributed by atoms with E-state index in [1.54, 1.807) is 31.3 Å². The summed E-state index contributed by atoms with van der Waals surface area (Å²) < 4.78 is 0. The lowest BCUT2D eigenvalue weighted by molar-refractivity contribution is 0.0955. The normalized spacial score (nSPS) is 9.84. The molecule has 0 heterocycles. The predicted octanol–water partition coefficient (Wildman–Crippen LogP) is 0.859. The van der Waals surface area contributed by atoms with E-state index in [1.165, 1.54) is 4.90 Å². The van der Waals surface area contributed by atoms with E-state index in [-0.39, 0.29) is 11.9 Å². The smallest absolute Gasteiger partial charge is 0.321 e. The summed E-state index contributed by atoms with van der Waals surface area (Å²) in [5.41, 5.74) is 6.25. The molecule has 1 aromatic carbocycles. The summed E-state index contributed by atoms with van der Waals surface area (Å²) in [4.78, 5) is 25.2. The van der Waals surface area contributed by atoms with Gasteiger partial charge in [0.15, 0.2) is 0 Å². The number of rotatable bonds is 5. The van der Waals surface area contributed by atoms with Crippen molar-refractivity contribution in [3.05, 3.63) is 29.8 Å². The third-order valence-electron chi connectivity index (χ3n) is 2.66. The molecular formula is C13H20N4O2. The molecule has 0 unspecified atom stereocenters. The number of hydrogen-bond acceptors (Lipinski definition) is 3. The van der Waals surface area contributed by atoms with Crippen LogP contribution in [0.5, 0.6) is 0 Å². The number of anilines is 1. The Labute approximate surface area is 113 Å². The molecule has 0 aromatic heterocycles. The number of para-hydroxylation sites is 1. The predicted molar refractivity (Wildman–Crippen MR) is 75.2 cm³/mol. The van der Waals surface area contributed by atoms with E-state index in [4.69, 9.17) is 5.73 Å². The van der Waals surface area contributed by atoms with Gasteiger partial charge < -0.3 is 21.3 Å². The molecule has 1 aromatic rings. The van der Waals surface area contributed by atoms with Gasteiger partial charge >= 0.3 is 6.03 Å². The van der Waals surface area contributed by atoms with E-state index in [1.807, 2.05) is 6.92 Å². The molecule has 3 amide bonds. The van der Waals surface area contributed by atoms with Crippen LogP contribution in [0.3, 0.4) is 0 Å². The molecule has 1 rings (SSSR count). The Bertz CT molecular complexity index is 448. The number of nitrogens with zero attached hydrogens (tertiary/aromatic N) is 1. The minimum Gasteiger partial charge on any atom is -0.351 e. The van der Waals surface area contributed by atoms with Crippen LogP contribution in [0.15, 0.2) is 24.3 Å². The van der Waals surface area contributed by atoms with E-state index in [9.17, 15) is 9.59 Å². The fourth-order valence-electron chi connectivity index (χ4n) is 1.43. The summed E-state index contributed by atoms with van der Waals surface area (Å²) in [5.74, 6) is -0.250. The maximum atomic E-state index is 11.9. The van der Waals surface area contributed by atoms with Gasteiger partial charge in [0.05, 0.1) is 11.3 Å². The highest BCUT2D eigenvalue weighted by Crippen LogP contribution is 2.15. The van der Waals surface area contributed by atoms with Crippen LogP contribution < -0.4 is 16.4 Å². The van der Waals surface area contributed by atoms with Crippen molar-refractivity contribution in [1.82, 2.24) is 10.2 Å². The number of carbonyl (C=O) groups is 2. The molecule has 0 bridgehead atoms. The molecule has 0 atom stereocenters. The second-order valence-corrected chi connectivity index (χ2v) is 4.03. The molecule has 0 fully saturated rings. The summed E-state index contributed by atoms with van der Waals surface area (Å²) in [6.07, 6.45) is 0. The SMILES string of the molecule is CCN(C)C(=O)Nc1ccccc1C(=O)NCCN. The molecule has 0 radical (unpaired) electrons.